The summed E-state index contributed by atoms with van der Waals surface area (Å²) in [4.78, 5) is 25.7. The lowest BCUT2D eigenvalue weighted by Crippen LogP contribution is -2.35. The fourth-order valence-electron chi connectivity index (χ4n) is 1.96. The molecule has 2 rings (SSSR count). The van der Waals surface area contributed by atoms with E-state index < -0.39 is 0 Å². The number of carbonyl (C=O) groups excluding carboxylic acids is 2. The SMILES string of the molecule is Cc1ccc(C(=O)N(C)CC(=O)Nc2ccccc2Br)cc1. The molecule has 0 unspecified atom stereocenters. The van der Waals surface area contributed by atoms with Crippen LogP contribution in [0.2, 0.25) is 0 Å². The zero-order valence-corrected chi connectivity index (χ0v) is 14.1. The molecular formula is C17H17BrN2O2. The summed E-state index contributed by atoms with van der Waals surface area (Å²) in [6.07, 6.45) is 0. The first-order valence-corrected chi connectivity index (χ1v) is 7.63. The molecular weight excluding hydrogens is 344 g/mol. The highest BCUT2D eigenvalue weighted by Gasteiger charge is 2.15. The molecule has 0 bridgehead atoms. The van der Waals surface area contributed by atoms with E-state index in [1.807, 2.05) is 37.3 Å². The lowest BCUT2D eigenvalue weighted by Gasteiger charge is -2.17. The summed E-state index contributed by atoms with van der Waals surface area (Å²) in [6, 6.07) is 14.6. The average molecular weight is 361 g/mol. The number of aryl methyl sites for hydroxylation is 1. The lowest BCUT2D eigenvalue weighted by atomic mass is 10.1. The number of rotatable bonds is 4. The van der Waals surface area contributed by atoms with Gasteiger partial charge in [0.15, 0.2) is 0 Å². The Balaban J connectivity index is 1.97. The third-order valence-corrected chi connectivity index (χ3v) is 3.87. The fourth-order valence-corrected chi connectivity index (χ4v) is 2.34. The van der Waals surface area contributed by atoms with Gasteiger partial charge in [-0.25, -0.2) is 0 Å². The van der Waals surface area contributed by atoms with Gasteiger partial charge in [0.25, 0.3) is 5.91 Å². The third-order valence-electron chi connectivity index (χ3n) is 3.17. The van der Waals surface area contributed by atoms with E-state index in [0.717, 1.165) is 10.0 Å². The normalized spacial score (nSPS) is 10.1. The molecule has 22 heavy (non-hydrogen) atoms. The molecule has 2 amide bonds. The molecule has 0 radical (unpaired) electrons. The fraction of sp³-hybridized carbons (Fsp3) is 0.176. The van der Waals surface area contributed by atoms with Crippen molar-refractivity contribution in [3.63, 3.8) is 0 Å². The number of benzene rings is 2. The van der Waals surface area contributed by atoms with E-state index in [4.69, 9.17) is 0 Å². The van der Waals surface area contributed by atoms with Crippen molar-refractivity contribution in [2.24, 2.45) is 0 Å². The van der Waals surface area contributed by atoms with Gasteiger partial charge in [0.1, 0.15) is 0 Å². The molecule has 0 saturated heterocycles. The van der Waals surface area contributed by atoms with Gasteiger partial charge >= 0.3 is 0 Å². The van der Waals surface area contributed by atoms with E-state index in [1.54, 1.807) is 25.2 Å². The second-order valence-electron chi connectivity index (χ2n) is 5.06. The largest absolute Gasteiger partial charge is 0.332 e. The number of carbonyl (C=O) groups is 2. The second-order valence-corrected chi connectivity index (χ2v) is 5.91. The van der Waals surface area contributed by atoms with Crippen LogP contribution < -0.4 is 5.32 Å². The zero-order chi connectivity index (χ0) is 16.1. The summed E-state index contributed by atoms with van der Waals surface area (Å²) in [5.41, 5.74) is 2.34. The monoisotopic (exact) mass is 360 g/mol. The standard InChI is InChI=1S/C17H17BrN2O2/c1-12-7-9-13(10-8-12)17(22)20(2)11-16(21)19-15-6-4-3-5-14(15)18/h3-10H,11H2,1-2H3,(H,19,21). The highest BCUT2D eigenvalue weighted by Crippen LogP contribution is 2.21. The van der Waals surface area contributed by atoms with Crippen LogP contribution in [0.15, 0.2) is 53.0 Å². The number of hydrogen-bond donors (Lipinski definition) is 1. The van der Waals surface area contributed by atoms with Crippen molar-refractivity contribution in [3.8, 4) is 0 Å². The van der Waals surface area contributed by atoms with Crippen LogP contribution in [0.3, 0.4) is 0 Å². The predicted octanol–water partition coefficient (Wildman–Crippen LogP) is 3.47. The van der Waals surface area contributed by atoms with Crippen LogP contribution in [-0.4, -0.2) is 30.3 Å². The van der Waals surface area contributed by atoms with Crippen molar-refractivity contribution in [3.05, 3.63) is 64.1 Å². The van der Waals surface area contributed by atoms with Gasteiger partial charge in [-0.15, -0.1) is 0 Å². The van der Waals surface area contributed by atoms with Gasteiger partial charge < -0.3 is 10.2 Å². The van der Waals surface area contributed by atoms with Crippen molar-refractivity contribution in [1.82, 2.24) is 4.90 Å². The number of anilines is 1. The Morgan fingerprint density at radius 3 is 2.36 bits per heavy atom. The van der Waals surface area contributed by atoms with Crippen molar-refractivity contribution in [2.75, 3.05) is 18.9 Å². The first kappa shape index (κ1) is 16.2. The molecule has 0 fully saturated rings. The maximum atomic E-state index is 12.2. The van der Waals surface area contributed by atoms with Crippen molar-refractivity contribution >= 4 is 33.4 Å². The summed E-state index contributed by atoms with van der Waals surface area (Å²) in [6.45, 7) is 1.96. The first-order chi connectivity index (χ1) is 10.5. The van der Waals surface area contributed by atoms with Gasteiger partial charge in [0.2, 0.25) is 5.91 Å². The molecule has 4 nitrogen and oxygen atoms in total. The Hall–Kier alpha value is -2.14. The molecule has 0 spiro atoms. The van der Waals surface area contributed by atoms with Gasteiger partial charge in [-0.2, -0.15) is 0 Å². The minimum absolute atomic E-state index is 0.00591. The molecule has 0 aromatic heterocycles. The Labute approximate surface area is 138 Å². The zero-order valence-electron chi connectivity index (χ0n) is 12.5. The van der Waals surface area contributed by atoms with E-state index in [1.165, 1.54) is 4.90 Å². The minimum atomic E-state index is -0.241. The Kier molecular flexibility index (Phi) is 5.33. The van der Waals surface area contributed by atoms with Crippen molar-refractivity contribution in [1.29, 1.82) is 0 Å². The molecule has 0 atom stereocenters. The van der Waals surface area contributed by atoms with Gasteiger partial charge in [-0.3, -0.25) is 9.59 Å². The number of halogens is 1. The van der Waals surface area contributed by atoms with Crippen molar-refractivity contribution < 1.29 is 9.59 Å². The van der Waals surface area contributed by atoms with Crippen LogP contribution in [0.25, 0.3) is 0 Å². The molecule has 114 valence electrons. The summed E-state index contributed by atoms with van der Waals surface area (Å²) >= 11 is 3.37. The molecule has 0 aliphatic rings. The number of para-hydroxylation sites is 1. The maximum absolute atomic E-state index is 12.2. The van der Waals surface area contributed by atoms with Crippen molar-refractivity contribution in [2.45, 2.75) is 6.92 Å². The summed E-state index contributed by atoms with van der Waals surface area (Å²) in [7, 11) is 1.61. The van der Waals surface area contributed by atoms with Gasteiger partial charge in [0, 0.05) is 17.1 Å². The minimum Gasteiger partial charge on any atom is -0.332 e. The van der Waals surface area contributed by atoms with Gasteiger partial charge in [-0.05, 0) is 47.1 Å². The molecule has 0 heterocycles. The van der Waals surface area contributed by atoms with E-state index in [9.17, 15) is 9.59 Å². The first-order valence-electron chi connectivity index (χ1n) is 6.84. The number of nitrogens with one attached hydrogen (secondary N) is 1. The van der Waals surface area contributed by atoms with Crippen LogP contribution in [-0.2, 0) is 4.79 Å². The van der Waals surface area contributed by atoms with Gasteiger partial charge in [-0.1, -0.05) is 29.8 Å². The number of amides is 2. The van der Waals surface area contributed by atoms with E-state index >= 15 is 0 Å². The molecule has 0 aliphatic carbocycles. The smallest absolute Gasteiger partial charge is 0.254 e. The molecule has 2 aromatic carbocycles. The molecule has 5 heteroatoms. The quantitative estimate of drug-likeness (QED) is 0.907. The number of hydrogen-bond acceptors (Lipinski definition) is 2. The second kappa shape index (κ2) is 7.22. The number of likely N-dealkylation sites (N-methyl/N-ethyl adjacent to an activating group) is 1. The van der Waals surface area contributed by atoms with Crippen LogP contribution in [0, 0.1) is 6.92 Å². The van der Waals surface area contributed by atoms with Gasteiger partial charge in [0.05, 0.1) is 12.2 Å². The molecule has 1 N–H and O–H groups in total. The van der Waals surface area contributed by atoms with Crippen LogP contribution in [0.4, 0.5) is 5.69 Å². The summed E-state index contributed by atoms with van der Waals surface area (Å²) in [5.74, 6) is -0.419. The maximum Gasteiger partial charge on any atom is 0.254 e. The van der Waals surface area contributed by atoms with E-state index in [2.05, 4.69) is 21.2 Å². The Morgan fingerprint density at radius 2 is 1.73 bits per heavy atom. The van der Waals surface area contributed by atoms with Crippen LogP contribution >= 0.6 is 15.9 Å². The summed E-state index contributed by atoms with van der Waals surface area (Å²) < 4.78 is 0.802. The Bertz CT molecular complexity index is 683. The predicted molar refractivity (Wildman–Crippen MR) is 90.9 cm³/mol. The molecule has 0 saturated carbocycles. The topological polar surface area (TPSA) is 49.4 Å². The van der Waals surface area contributed by atoms with Crippen LogP contribution in [0.5, 0.6) is 0 Å². The highest BCUT2D eigenvalue weighted by molar-refractivity contribution is 9.10. The molecule has 0 aliphatic heterocycles. The lowest BCUT2D eigenvalue weighted by molar-refractivity contribution is -0.116. The van der Waals surface area contributed by atoms with E-state index in [-0.39, 0.29) is 18.4 Å². The van der Waals surface area contributed by atoms with Crippen LogP contribution in [0.1, 0.15) is 15.9 Å². The highest BCUT2D eigenvalue weighted by atomic mass is 79.9. The Morgan fingerprint density at radius 1 is 1.09 bits per heavy atom. The summed E-state index contributed by atoms with van der Waals surface area (Å²) in [5, 5.41) is 2.78. The molecule has 2 aromatic rings. The van der Waals surface area contributed by atoms with E-state index in [0.29, 0.717) is 11.3 Å². The number of nitrogens with zero attached hydrogens (tertiary/aromatic N) is 1. The average Bonchev–Trinajstić information content (AvgIpc) is 2.49. The third kappa shape index (κ3) is 4.18.